The van der Waals surface area contributed by atoms with E-state index in [0.29, 0.717) is 5.89 Å². The van der Waals surface area contributed by atoms with Crippen LogP contribution in [0.15, 0.2) is 34.9 Å². The third-order valence-electron chi connectivity index (χ3n) is 4.38. The summed E-state index contributed by atoms with van der Waals surface area (Å²) in [5.74, 6) is 0.861. The maximum atomic E-state index is 11.4. The van der Waals surface area contributed by atoms with Crippen LogP contribution in [0.4, 0.5) is 0 Å². The highest BCUT2D eigenvalue weighted by Crippen LogP contribution is 2.47. The molecule has 1 aliphatic rings. The van der Waals surface area contributed by atoms with E-state index in [0.717, 1.165) is 18.7 Å². The fraction of sp³-hybridized carbons (Fsp3) is 0.438. The van der Waals surface area contributed by atoms with Crippen LogP contribution in [0.1, 0.15) is 56.3 Å². The summed E-state index contributed by atoms with van der Waals surface area (Å²) in [4.78, 5) is 15.9. The van der Waals surface area contributed by atoms with Gasteiger partial charge in [-0.2, -0.15) is 4.98 Å². The van der Waals surface area contributed by atoms with Crippen molar-refractivity contribution in [3.8, 4) is 0 Å². The van der Waals surface area contributed by atoms with Crippen LogP contribution in [-0.2, 0) is 10.2 Å². The highest BCUT2D eigenvalue weighted by Gasteiger charge is 2.44. The monoisotopic (exact) mass is 270 g/mol. The molecule has 1 aromatic carbocycles. The van der Waals surface area contributed by atoms with E-state index in [2.05, 4.69) is 22.3 Å². The molecule has 1 saturated carbocycles. The molecule has 0 radical (unpaired) electrons. The second kappa shape index (κ2) is 4.85. The summed E-state index contributed by atoms with van der Waals surface area (Å²) >= 11 is 0. The van der Waals surface area contributed by atoms with Gasteiger partial charge < -0.3 is 4.52 Å². The molecule has 0 bridgehead atoms. The molecular formula is C16H18N2O2. The lowest BCUT2D eigenvalue weighted by Gasteiger charge is -2.39. The Labute approximate surface area is 118 Å². The molecule has 0 aliphatic heterocycles. The van der Waals surface area contributed by atoms with Crippen molar-refractivity contribution in [2.24, 2.45) is 0 Å². The predicted molar refractivity (Wildman–Crippen MR) is 74.5 cm³/mol. The molecule has 1 aliphatic carbocycles. The van der Waals surface area contributed by atoms with Gasteiger partial charge in [0, 0.05) is 0 Å². The lowest BCUT2D eigenvalue weighted by atomic mass is 9.64. The van der Waals surface area contributed by atoms with Gasteiger partial charge >= 0.3 is 0 Å². The number of hydrogen-bond acceptors (Lipinski definition) is 4. The fourth-order valence-electron chi connectivity index (χ4n) is 2.71. The number of Topliss-reactive ketones (excluding diaryl/α,β-unsaturated/α-hetero) is 1. The van der Waals surface area contributed by atoms with Gasteiger partial charge in [-0.15, -0.1) is 0 Å². The Hall–Kier alpha value is -1.97. The molecule has 2 aromatic rings. The molecule has 1 heterocycles. The summed E-state index contributed by atoms with van der Waals surface area (Å²) in [7, 11) is 0. The first-order chi connectivity index (χ1) is 9.63. The van der Waals surface area contributed by atoms with Crippen LogP contribution < -0.4 is 0 Å². The molecule has 0 spiro atoms. The topological polar surface area (TPSA) is 56.0 Å². The molecular weight excluding hydrogens is 252 g/mol. The lowest BCUT2D eigenvalue weighted by molar-refractivity contribution is -0.118. The normalized spacial score (nSPS) is 18.3. The Balaban J connectivity index is 1.97. The Bertz CT molecular complexity index is 614. The summed E-state index contributed by atoms with van der Waals surface area (Å²) in [5.41, 5.74) is 1.11. The number of rotatable bonds is 4. The van der Waals surface area contributed by atoms with Crippen molar-refractivity contribution in [1.29, 1.82) is 0 Å². The van der Waals surface area contributed by atoms with Gasteiger partial charge in [0.05, 0.1) is 11.3 Å². The van der Waals surface area contributed by atoms with E-state index in [1.807, 2.05) is 18.2 Å². The average Bonchev–Trinajstić information content (AvgIpc) is 2.87. The number of benzene rings is 1. The van der Waals surface area contributed by atoms with E-state index < -0.39 is 0 Å². The van der Waals surface area contributed by atoms with Crippen molar-refractivity contribution in [3.05, 3.63) is 47.6 Å². The second-order valence-electron chi connectivity index (χ2n) is 5.59. The first-order valence-corrected chi connectivity index (χ1v) is 7.03. The van der Waals surface area contributed by atoms with Crippen LogP contribution in [0, 0.1) is 0 Å². The molecule has 0 amide bonds. The Kier molecular flexibility index (Phi) is 3.16. The smallest absolute Gasteiger partial charge is 0.236 e. The van der Waals surface area contributed by atoms with E-state index in [9.17, 15) is 4.79 Å². The molecule has 104 valence electrons. The van der Waals surface area contributed by atoms with Gasteiger partial charge in [-0.05, 0) is 32.3 Å². The summed E-state index contributed by atoms with van der Waals surface area (Å²) < 4.78 is 5.31. The first-order valence-electron chi connectivity index (χ1n) is 7.03. The standard InChI is InChI=1S/C16H18N2O2/c1-11(12(2)19)14-17-15(18-20-14)16(9-6-10-16)13-7-4-3-5-8-13/h3-5,7-8,11H,6,9-10H2,1-2H3. The van der Waals surface area contributed by atoms with Gasteiger partial charge in [-0.3, -0.25) is 4.79 Å². The third-order valence-corrected chi connectivity index (χ3v) is 4.38. The second-order valence-corrected chi connectivity index (χ2v) is 5.59. The lowest BCUT2D eigenvalue weighted by Crippen LogP contribution is -2.36. The number of carbonyl (C=O) groups excluding carboxylic acids is 1. The number of aromatic nitrogens is 2. The van der Waals surface area contributed by atoms with Crippen LogP contribution in [0.25, 0.3) is 0 Å². The molecule has 1 fully saturated rings. The maximum Gasteiger partial charge on any atom is 0.236 e. The molecule has 3 rings (SSSR count). The number of carbonyl (C=O) groups is 1. The molecule has 20 heavy (non-hydrogen) atoms. The summed E-state index contributed by atoms with van der Waals surface area (Å²) in [6, 6.07) is 10.3. The number of nitrogens with zero attached hydrogens (tertiary/aromatic N) is 2. The largest absolute Gasteiger partial charge is 0.339 e. The number of ketones is 1. The van der Waals surface area contributed by atoms with Gasteiger partial charge in [0.2, 0.25) is 5.89 Å². The average molecular weight is 270 g/mol. The van der Waals surface area contributed by atoms with Crippen LogP contribution in [0.2, 0.25) is 0 Å². The zero-order valence-corrected chi connectivity index (χ0v) is 11.8. The third kappa shape index (κ3) is 1.96. The maximum absolute atomic E-state index is 11.4. The quantitative estimate of drug-likeness (QED) is 0.855. The summed E-state index contributed by atoms with van der Waals surface area (Å²) in [6.07, 6.45) is 3.23. The van der Waals surface area contributed by atoms with Crippen molar-refractivity contribution in [3.63, 3.8) is 0 Å². The van der Waals surface area contributed by atoms with Gasteiger partial charge in [0.15, 0.2) is 5.82 Å². The minimum atomic E-state index is -0.329. The number of hydrogen-bond donors (Lipinski definition) is 0. The van der Waals surface area contributed by atoms with E-state index in [1.54, 1.807) is 13.8 Å². The predicted octanol–water partition coefficient (Wildman–Crippen LogP) is 3.23. The van der Waals surface area contributed by atoms with Gasteiger partial charge in [0.1, 0.15) is 5.78 Å². The first kappa shape index (κ1) is 13.0. The Morgan fingerprint density at radius 1 is 1.30 bits per heavy atom. The molecule has 1 aromatic heterocycles. The fourth-order valence-corrected chi connectivity index (χ4v) is 2.71. The Morgan fingerprint density at radius 2 is 2.00 bits per heavy atom. The molecule has 4 nitrogen and oxygen atoms in total. The Morgan fingerprint density at radius 3 is 2.55 bits per heavy atom. The molecule has 1 unspecified atom stereocenters. The highest BCUT2D eigenvalue weighted by atomic mass is 16.5. The van der Waals surface area contributed by atoms with E-state index >= 15 is 0 Å². The zero-order valence-electron chi connectivity index (χ0n) is 11.8. The minimum Gasteiger partial charge on any atom is -0.339 e. The SMILES string of the molecule is CC(=O)C(C)c1nc(C2(c3ccccc3)CCC2)no1. The van der Waals surface area contributed by atoms with Crippen LogP contribution >= 0.6 is 0 Å². The van der Waals surface area contributed by atoms with Gasteiger partial charge in [-0.25, -0.2) is 0 Å². The van der Waals surface area contributed by atoms with Gasteiger partial charge in [0.25, 0.3) is 0 Å². The minimum absolute atomic E-state index is 0.0440. The zero-order chi connectivity index (χ0) is 14.2. The van der Waals surface area contributed by atoms with Crippen molar-refractivity contribution in [2.75, 3.05) is 0 Å². The van der Waals surface area contributed by atoms with Crippen molar-refractivity contribution >= 4 is 5.78 Å². The summed E-state index contributed by atoms with van der Waals surface area (Å²) in [5, 5.41) is 4.15. The molecule has 1 atom stereocenters. The van der Waals surface area contributed by atoms with E-state index in [1.165, 1.54) is 12.0 Å². The van der Waals surface area contributed by atoms with Crippen LogP contribution in [-0.4, -0.2) is 15.9 Å². The highest BCUT2D eigenvalue weighted by molar-refractivity contribution is 5.81. The van der Waals surface area contributed by atoms with Crippen molar-refractivity contribution in [2.45, 2.75) is 44.4 Å². The van der Waals surface area contributed by atoms with Crippen molar-refractivity contribution in [1.82, 2.24) is 10.1 Å². The van der Waals surface area contributed by atoms with Crippen molar-refractivity contribution < 1.29 is 9.32 Å². The molecule has 0 N–H and O–H groups in total. The molecule has 4 heteroatoms. The van der Waals surface area contributed by atoms with Gasteiger partial charge in [-0.1, -0.05) is 41.9 Å². The molecule has 0 saturated heterocycles. The van der Waals surface area contributed by atoms with Crippen LogP contribution in [0.5, 0.6) is 0 Å². The van der Waals surface area contributed by atoms with E-state index in [-0.39, 0.29) is 17.1 Å². The summed E-state index contributed by atoms with van der Waals surface area (Å²) in [6.45, 7) is 3.35. The van der Waals surface area contributed by atoms with Crippen LogP contribution in [0.3, 0.4) is 0 Å². The van der Waals surface area contributed by atoms with E-state index in [4.69, 9.17) is 4.52 Å².